The number of aryl methyl sites for hydroxylation is 1. The second kappa shape index (κ2) is 5.67. The molecule has 0 aliphatic heterocycles. The van der Waals surface area contributed by atoms with Gasteiger partial charge in [-0.2, -0.15) is 5.10 Å². The van der Waals surface area contributed by atoms with Gasteiger partial charge in [0.2, 0.25) is 0 Å². The van der Waals surface area contributed by atoms with Crippen LogP contribution in [0.1, 0.15) is 28.5 Å². The van der Waals surface area contributed by atoms with Gasteiger partial charge in [0.15, 0.2) is 0 Å². The molecule has 1 aromatic carbocycles. The van der Waals surface area contributed by atoms with Crippen LogP contribution in [0, 0.1) is 6.92 Å². The summed E-state index contributed by atoms with van der Waals surface area (Å²) < 4.78 is 1.68. The van der Waals surface area contributed by atoms with Gasteiger partial charge in [0.1, 0.15) is 0 Å². The Bertz CT molecular complexity index is 609. The van der Waals surface area contributed by atoms with Crippen LogP contribution in [-0.2, 0) is 12.6 Å². The molecule has 4 nitrogen and oxygen atoms in total. The second-order valence-corrected chi connectivity index (χ2v) is 5.32. The Morgan fingerprint density at radius 3 is 2.55 bits per heavy atom. The van der Waals surface area contributed by atoms with E-state index in [-0.39, 0.29) is 5.91 Å². The highest BCUT2D eigenvalue weighted by Gasteiger charge is 2.29. The highest BCUT2D eigenvalue weighted by Crippen LogP contribution is 2.23. The summed E-state index contributed by atoms with van der Waals surface area (Å²) in [6, 6.07) is 9.71. The average molecular weight is 292 g/mol. The third-order valence-corrected chi connectivity index (χ3v) is 4.08. The number of aromatic nitrogens is 2. The van der Waals surface area contributed by atoms with Gasteiger partial charge in [0.05, 0.1) is 17.3 Å². The molecule has 0 radical (unpaired) electrons. The number of benzene rings is 1. The summed E-state index contributed by atoms with van der Waals surface area (Å²) in [6.45, 7) is 3.78. The molecule has 0 spiro atoms. The molecule has 0 bridgehead atoms. The van der Waals surface area contributed by atoms with Crippen molar-refractivity contribution in [2.24, 2.45) is 7.05 Å². The number of nitrogens with zero attached hydrogens (tertiary/aromatic N) is 2. The Morgan fingerprint density at radius 1 is 1.40 bits per heavy atom. The van der Waals surface area contributed by atoms with Gasteiger partial charge in [-0.3, -0.25) is 9.48 Å². The molecule has 1 aromatic heterocycles. The number of rotatable bonds is 4. The van der Waals surface area contributed by atoms with E-state index >= 15 is 0 Å². The Balaban J connectivity index is 2.27. The quantitative estimate of drug-likeness (QED) is 0.880. The van der Waals surface area contributed by atoms with Crippen LogP contribution in [0.4, 0.5) is 0 Å². The van der Waals surface area contributed by atoms with Crippen LogP contribution in [0.3, 0.4) is 0 Å². The average Bonchev–Trinajstić information content (AvgIpc) is 2.80. The second-order valence-electron chi connectivity index (χ2n) is 5.05. The molecule has 2 aromatic rings. The predicted molar refractivity (Wildman–Crippen MR) is 79.9 cm³/mol. The van der Waals surface area contributed by atoms with Crippen molar-refractivity contribution in [2.45, 2.75) is 19.4 Å². The first kappa shape index (κ1) is 14.6. The molecule has 1 N–H and O–H groups in total. The van der Waals surface area contributed by atoms with Crippen molar-refractivity contribution in [3.8, 4) is 0 Å². The van der Waals surface area contributed by atoms with Crippen LogP contribution in [0.5, 0.6) is 0 Å². The van der Waals surface area contributed by atoms with Gasteiger partial charge in [0, 0.05) is 18.6 Å². The first-order valence-electron chi connectivity index (χ1n) is 6.40. The molecule has 0 aliphatic rings. The van der Waals surface area contributed by atoms with E-state index < -0.39 is 5.54 Å². The summed E-state index contributed by atoms with van der Waals surface area (Å²) in [4.78, 5) is 12.4. The SMILES string of the molecule is Cc1c(C(=O)NC(C)(CCl)c2ccccc2)cnn1C. The Kier molecular flexibility index (Phi) is 4.14. The summed E-state index contributed by atoms with van der Waals surface area (Å²) in [6.07, 6.45) is 1.57. The fraction of sp³-hybridized carbons (Fsp3) is 0.333. The molecule has 0 fully saturated rings. The molecule has 5 heteroatoms. The molecule has 1 unspecified atom stereocenters. The van der Waals surface area contributed by atoms with E-state index in [4.69, 9.17) is 11.6 Å². The molecule has 1 amide bonds. The van der Waals surface area contributed by atoms with Gasteiger partial charge >= 0.3 is 0 Å². The number of carbonyl (C=O) groups excluding carboxylic acids is 1. The van der Waals surface area contributed by atoms with Gasteiger partial charge in [-0.15, -0.1) is 11.6 Å². The van der Waals surface area contributed by atoms with E-state index in [2.05, 4.69) is 10.4 Å². The molecular formula is C15H18ClN3O. The smallest absolute Gasteiger partial charge is 0.255 e. The van der Waals surface area contributed by atoms with Gasteiger partial charge in [-0.25, -0.2) is 0 Å². The number of carbonyl (C=O) groups is 1. The Morgan fingerprint density at radius 2 is 2.05 bits per heavy atom. The summed E-state index contributed by atoms with van der Waals surface area (Å²) in [5.74, 6) is 0.129. The zero-order valence-electron chi connectivity index (χ0n) is 11.9. The molecule has 1 heterocycles. The van der Waals surface area contributed by atoms with E-state index in [1.165, 1.54) is 0 Å². The standard InChI is InChI=1S/C15H18ClN3O/c1-11-13(9-17-19(11)3)14(20)18-15(2,10-16)12-7-5-4-6-8-12/h4-9H,10H2,1-3H3,(H,18,20). The zero-order valence-corrected chi connectivity index (χ0v) is 12.6. The number of alkyl halides is 1. The van der Waals surface area contributed by atoms with E-state index in [1.54, 1.807) is 10.9 Å². The van der Waals surface area contributed by atoms with Crippen LogP contribution in [0.25, 0.3) is 0 Å². The lowest BCUT2D eigenvalue weighted by Gasteiger charge is -2.29. The van der Waals surface area contributed by atoms with Crippen LogP contribution in [0.15, 0.2) is 36.5 Å². The van der Waals surface area contributed by atoms with Crippen LogP contribution >= 0.6 is 11.6 Å². The maximum Gasteiger partial charge on any atom is 0.255 e. The molecule has 20 heavy (non-hydrogen) atoms. The Hall–Kier alpha value is -1.81. The topological polar surface area (TPSA) is 46.9 Å². The minimum Gasteiger partial charge on any atom is -0.341 e. The van der Waals surface area contributed by atoms with Crippen LogP contribution in [0.2, 0.25) is 0 Å². The number of halogens is 1. The molecule has 106 valence electrons. The van der Waals surface area contributed by atoms with E-state index in [9.17, 15) is 4.79 Å². The van der Waals surface area contributed by atoms with Crippen molar-refractivity contribution < 1.29 is 4.79 Å². The van der Waals surface area contributed by atoms with E-state index in [0.717, 1.165) is 11.3 Å². The van der Waals surface area contributed by atoms with E-state index in [0.29, 0.717) is 11.4 Å². The summed E-state index contributed by atoms with van der Waals surface area (Å²) >= 11 is 6.08. The largest absolute Gasteiger partial charge is 0.341 e. The van der Waals surface area contributed by atoms with Crippen molar-refractivity contribution in [1.29, 1.82) is 0 Å². The summed E-state index contributed by atoms with van der Waals surface area (Å²) in [5, 5.41) is 7.09. The first-order chi connectivity index (χ1) is 9.48. The van der Waals surface area contributed by atoms with E-state index in [1.807, 2.05) is 51.2 Å². The fourth-order valence-electron chi connectivity index (χ4n) is 2.03. The maximum absolute atomic E-state index is 12.4. The normalized spacial score (nSPS) is 13.8. The maximum atomic E-state index is 12.4. The van der Waals surface area contributed by atoms with Gasteiger partial charge < -0.3 is 5.32 Å². The lowest BCUT2D eigenvalue weighted by molar-refractivity contribution is 0.0912. The number of hydrogen-bond donors (Lipinski definition) is 1. The monoisotopic (exact) mass is 291 g/mol. The number of amides is 1. The molecule has 0 saturated carbocycles. The van der Waals surface area contributed by atoms with Crippen LogP contribution < -0.4 is 5.32 Å². The fourth-order valence-corrected chi connectivity index (χ4v) is 2.25. The van der Waals surface area contributed by atoms with Crippen molar-refractivity contribution in [3.63, 3.8) is 0 Å². The van der Waals surface area contributed by atoms with Crippen molar-refractivity contribution >= 4 is 17.5 Å². The third-order valence-electron chi connectivity index (χ3n) is 3.55. The highest BCUT2D eigenvalue weighted by molar-refractivity contribution is 6.19. The first-order valence-corrected chi connectivity index (χ1v) is 6.94. The molecule has 0 saturated heterocycles. The molecule has 2 rings (SSSR count). The van der Waals surface area contributed by atoms with Gasteiger partial charge in [0.25, 0.3) is 5.91 Å². The van der Waals surface area contributed by atoms with Crippen molar-refractivity contribution in [2.75, 3.05) is 5.88 Å². The van der Waals surface area contributed by atoms with Gasteiger partial charge in [-0.1, -0.05) is 30.3 Å². The third kappa shape index (κ3) is 2.70. The van der Waals surface area contributed by atoms with Crippen molar-refractivity contribution in [3.05, 3.63) is 53.3 Å². The summed E-state index contributed by atoms with van der Waals surface area (Å²) in [5.41, 5.74) is 1.76. The number of hydrogen-bond acceptors (Lipinski definition) is 2. The Labute approximate surface area is 123 Å². The molecule has 1 atom stereocenters. The van der Waals surface area contributed by atoms with Crippen LogP contribution in [-0.4, -0.2) is 21.6 Å². The van der Waals surface area contributed by atoms with Crippen molar-refractivity contribution in [1.82, 2.24) is 15.1 Å². The lowest BCUT2D eigenvalue weighted by atomic mass is 9.93. The van der Waals surface area contributed by atoms with Gasteiger partial charge in [-0.05, 0) is 19.4 Å². The predicted octanol–water partition coefficient (Wildman–Crippen LogP) is 2.61. The number of nitrogens with one attached hydrogen (secondary N) is 1. The minimum absolute atomic E-state index is 0.164. The zero-order chi connectivity index (χ0) is 14.8. The minimum atomic E-state index is -0.609. The lowest BCUT2D eigenvalue weighted by Crippen LogP contribution is -2.45. The molecular weight excluding hydrogens is 274 g/mol. The highest BCUT2D eigenvalue weighted by atomic mass is 35.5. The summed E-state index contributed by atoms with van der Waals surface area (Å²) in [7, 11) is 1.81. The molecule has 0 aliphatic carbocycles.